The monoisotopic (exact) mass is 280 g/mol. The minimum atomic E-state index is 0.915. The van der Waals surface area contributed by atoms with Crippen LogP contribution < -0.4 is 0 Å². The highest BCUT2D eigenvalue weighted by Crippen LogP contribution is 2.60. The van der Waals surface area contributed by atoms with Crippen LogP contribution in [-0.2, 0) is 6.42 Å². The molecule has 6 rings (SSSR count). The molecule has 6 atom stereocenters. The number of nitrogens with zero attached hydrogens (tertiary/aromatic N) is 2. The van der Waals surface area contributed by atoms with Gasteiger partial charge < -0.3 is 4.90 Å². The van der Waals surface area contributed by atoms with Crippen molar-refractivity contribution in [3.8, 4) is 0 Å². The molecule has 5 aliphatic rings. The Labute approximate surface area is 127 Å². The van der Waals surface area contributed by atoms with E-state index < -0.39 is 0 Å². The maximum Gasteiger partial charge on any atom is 0.0416 e. The lowest BCUT2D eigenvalue weighted by molar-refractivity contribution is -0.0355. The summed E-state index contributed by atoms with van der Waals surface area (Å²) in [5.41, 5.74) is 1.24. The van der Waals surface area contributed by atoms with Crippen molar-refractivity contribution in [3.63, 3.8) is 0 Å². The topological polar surface area (TPSA) is 16.1 Å². The molecule has 0 aromatic carbocycles. The molecule has 2 bridgehead atoms. The Morgan fingerprint density at radius 3 is 2.24 bits per heavy atom. The second-order valence-corrected chi connectivity index (χ2v) is 7.60. The number of likely N-dealkylation sites (tertiary alicyclic amines) is 1. The van der Waals surface area contributed by atoms with Gasteiger partial charge in [0.1, 0.15) is 0 Å². The number of hydrogen-bond acceptors (Lipinski definition) is 2. The van der Waals surface area contributed by atoms with Crippen molar-refractivity contribution < 1.29 is 0 Å². The van der Waals surface area contributed by atoms with E-state index in [0.717, 1.165) is 41.9 Å². The molecule has 110 valence electrons. The fraction of sp³-hybridized carbons (Fsp3) is 0.632. The Morgan fingerprint density at radius 2 is 1.67 bits per heavy atom. The van der Waals surface area contributed by atoms with Crippen LogP contribution in [-0.4, -0.2) is 29.5 Å². The van der Waals surface area contributed by atoms with Gasteiger partial charge in [-0.3, -0.25) is 4.98 Å². The van der Waals surface area contributed by atoms with E-state index in [9.17, 15) is 0 Å². The van der Waals surface area contributed by atoms with Crippen molar-refractivity contribution in [3.05, 3.63) is 42.2 Å². The van der Waals surface area contributed by atoms with Crippen LogP contribution in [0, 0.1) is 35.5 Å². The van der Waals surface area contributed by atoms with Gasteiger partial charge in [-0.05, 0) is 60.5 Å². The average molecular weight is 280 g/mol. The Kier molecular flexibility index (Phi) is 2.76. The van der Waals surface area contributed by atoms with Crippen LogP contribution in [0.25, 0.3) is 0 Å². The Morgan fingerprint density at radius 1 is 0.952 bits per heavy atom. The van der Waals surface area contributed by atoms with E-state index >= 15 is 0 Å². The van der Waals surface area contributed by atoms with Crippen molar-refractivity contribution in [2.24, 2.45) is 35.5 Å². The van der Waals surface area contributed by atoms with Crippen LogP contribution in [0.3, 0.4) is 0 Å². The summed E-state index contributed by atoms with van der Waals surface area (Å²) < 4.78 is 0. The van der Waals surface area contributed by atoms with Crippen molar-refractivity contribution in [1.82, 2.24) is 9.88 Å². The first-order chi connectivity index (χ1) is 10.4. The third-order valence-corrected chi connectivity index (χ3v) is 6.81. The van der Waals surface area contributed by atoms with E-state index in [1.54, 1.807) is 0 Å². The third kappa shape index (κ3) is 1.85. The van der Waals surface area contributed by atoms with Gasteiger partial charge in [-0.15, -0.1) is 0 Å². The van der Waals surface area contributed by atoms with Crippen LogP contribution in [0.2, 0.25) is 0 Å². The van der Waals surface area contributed by atoms with Gasteiger partial charge in [-0.1, -0.05) is 18.2 Å². The number of aromatic nitrogens is 1. The Balaban J connectivity index is 1.27. The second kappa shape index (κ2) is 4.67. The summed E-state index contributed by atoms with van der Waals surface area (Å²) >= 11 is 0. The lowest BCUT2D eigenvalue weighted by Gasteiger charge is -2.57. The molecule has 2 heterocycles. The quantitative estimate of drug-likeness (QED) is 0.791. The minimum Gasteiger partial charge on any atom is -0.302 e. The second-order valence-electron chi connectivity index (χ2n) is 7.60. The SMILES string of the molecule is C1=CC2C3CCC3C1C1CN(CCc3ccccn3)CC21. The Bertz CT molecular complexity index is 524. The van der Waals surface area contributed by atoms with Crippen LogP contribution in [0.1, 0.15) is 18.5 Å². The first kappa shape index (κ1) is 12.4. The van der Waals surface area contributed by atoms with Gasteiger partial charge in [-0.2, -0.15) is 0 Å². The van der Waals surface area contributed by atoms with Gasteiger partial charge in [0.25, 0.3) is 0 Å². The minimum absolute atomic E-state index is 0.915. The molecule has 4 aliphatic carbocycles. The fourth-order valence-corrected chi connectivity index (χ4v) is 5.73. The summed E-state index contributed by atoms with van der Waals surface area (Å²) in [6.45, 7) is 3.87. The van der Waals surface area contributed by atoms with E-state index in [2.05, 4.69) is 34.2 Å². The maximum absolute atomic E-state index is 4.47. The highest BCUT2D eigenvalue weighted by atomic mass is 15.2. The predicted octanol–water partition coefficient (Wildman–Crippen LogP) is 3.01. The average Bonchev–Trinajstić information content (AvgIpc) is 2.92. The summed E-state index contributed by atoms with van der Waals surface area (Å²) in [6.07, 6.45) is 11.2. The first-order valence-corrected chi connectivity index (χ1v) is 8.71. The molecule has 0 N–H and O–H groups in total. The van der Waals surface area contributed by atoms with Crippen molar-refractivity contribution in [1.29, 1.82) is 0 Å². The molecule has 2 nitrogen and oxygen atoms in total. The molecule has 0 radical (unpaired) electrons. The molecule has 1 aliphatic heterocycles. The van der Waals surface area contributed by atoms with Gasteiger partial charge in [-0.25, -0.2) is 0 Å². The number of hydrogen-bond donors (Lipinski definition) is 0. The van der Waals surface area contributed by atoms with Gasteiger partial charge in [0, 0.05) is 37.9 Å². The summed E-state index contributed by atoms with van der Waals surface area (Å²) in [4.78, 5) is 7.19. The molecule has 3 fully saturated rings. The molecule has 1 aromatic rings. The molecule has 21 heavy (non-hydrogen) atoms. The van der Waals surface area contributed by atoms with Gasteiger partial charge in [0.15, 0.2) is 0 Å². The molecule has 2 saturated carbocycles. The van der Waals surface area contributed by atoms with E-state index in [0.29, 0.717) is 0 Å². The molecule has 2 heteroatoms. The van der Waals surface area contributed by atoms with Crippen LogP contribution in [0.4, 0.5) is 0 Å². The number of rotatable bonds is 3. The summed E-state index contributed by atoms with van der Waals surface area (Å²) in [5.74, 6) is 5.86. The van der Waals surface area contributed by atoms with Crippen LogP contribution >= 0.6 is 0 Å². The van der Waals surface area contributed by atoms with Crippen LogP contribution in [0.5, 0.6) is 0 Å². The normalized spacial score (nSPS) is 43.4. The van der Waals surface area contributed by atoms with Crippen molar-refractivity contribution in [2.75, 3.05) is 19.6 Å². The highest BCUT2D eigenvalue weighted by molar-refractivity contribution is 5.20. The number of allylic oxidation sites excluding steroid dienone is 2. The molecular formula is C19H24N2. The highest BCUT2D eigenvalue weighted by Gasteiger charge is 2.56. The van der Waals surface area contributed by atoms with Crippen molar-refractivity contribution >= 4 is 0 Å². The lowest BCUT2D eigenvalue weighted by atomic mass is 9.47. The molecule has 1 aromatic heterocycles. The van der Waals surface area contributed by atoms with Gasteiger partial charge >= 0.3 is 0 Å². The zero-order chi connectivity index (χ0) is 13.8. The van der Waals surface area contributed by atoms with E-state index in [4.69, 9.17) is 0 Å². The molecule has 0 spiro atoms. The van der Waals surface area contributed by atoms with Crippen molar-refractivity contribution in [2.45, 2.75) is 19.3 Å². The zero-order valence-corrected chi connectivity index (χ0v) is 12.6. The predicted molar refractivity (Wildman–Crippen MR) is 83.7 cm³/mol. The molecule has 1 saturated heterocycles. The maximum atomic E-state index is 4.47. The Hall–Kier alpha value is -1.15. The van der Waals surface area contributed by atoms with E-state index in [1.165, 1.54) is 38.2 Å². The lowest BCUT2D eigenvalue weighted by Crippen LogP contribution is -2.52. The fourth-order valence-electron chi connectivity index (χ4n) is 5.73. The zero-order valence-electron chi connectivity index (χ0n) is 12.6. The standard InChI is InChI=1S/C19H24N2/c1-2-9-20-13(3-1)8-10-21-11-18-16-6-7-17(19(18)12-21)15-5-4-14(15)16/h1-3,6-7,9,14-19H,4-5,8,10-12H2. The number of pyridine rings is 1. The third-order valence-electron chi connectivity index (χ3n) is 6.81. The summed E-state index contributed by atoms with van der Waals surface area (Å²) in [7, 11) is 0. The molecule has 0 amide bonds. The van der Waals surface area contributed by atoms with Gasteiger partial charge in [0.05, 0.1) is 0 Å². The molecule has 6 unspecified atom stereocenters. The van der Waals surface area contributed by atoms with Gasteiger partial charge in [0.2, 0.25) is 0 Å². The van der Waals surface area contributed by atoms with E-state index in [1.807, 2.05) is 12.3 Å². The molecular weight excluding hydrogens is 256 g/mol. The smallest absolute Gasteiger partial charge is 0.0416 e. The van der Waals surface area contributed by atoms with Crippen LogP contribution in [0.15, 0.2) is 36.5 Å². The van der Waals surface area contributed by atoms with E-state index in [-0.39, 0.29) is 0 Å². The first-order valence-electron chi connectivity index (χ1n) is 8.71. The largest absolute Gasteiger partial charge is 0.302 e. The summed E-state index contributed by atoms with van der Waals surface area (Å²) in [5, 5.41) is 0. The summed E-state index contributed by atoms with van der Waals surface area (Å²) in [6, 6.07) is 6.27.